The van der Waals surface area contributed by atoms with Gasteiger partial charge in [-0.1, -0.05) is 33.6 Å². The van der Waals surface area contributed by atoms with Gasteiger partial charge in [0, 0.05) is 25.4 Å². The quantitative estimate of drug-likeness (QED) is 0.628. The second-order valence-corrected chi connectivity index (χ2v) is 7.44. The lowest BCUT2D eigenvalue weighted by molar-refractivity contribution is 1.46. The predicted octanol–water partition coefficient (Wildman–Crippen LogP) is 5.67. The van der Waals surface area contributed by atoms with Crippen molar-refractivity contribution in [1.29, 1.82) is 5.26 Å². The molecule has 1 aromatic carbocycles. The van der Waals surface area contributed by atoms with E-state index >= 15 is 0 Å². The van der Waals surface area contributed by atoms with E-state index in [0.29, 0.717) is 10.6 Å². The summed E-state index contributed by atoms with van der Waals surface area (Å²) in [5, 5.41) is 11.3. The molecule has 0 spiro atoms. The van der Waals surface area contributed by atoms with Crippen LogP contribution in [-0.2, 0) is 0 Å². The zero-order valence-electron chi connectivity index (χ0n) is 11.2. The largest absolute Gasteiger partial charge is 0.396 e. The monoisotopic (exact) mass is 374 g/mol. The van der Waals surface area contributed by atoms with Crippen molar-refractivity contribution in [2.45, 2.75) is 6.92 Å². The van der Waals surface area contributed by atoms with Gasteiger partial charge in [0.25, 0.3) is 0 Å². The minimum atomic E-state index is 0.571. The van der Waals surface area contributed by atoms with Gasteiger partial charge in [0.15, 0.2) is 0 Å². The van der Waals surface area contributed by atoms with Crippen LogP contribution in [0.3, 0.4) is 0 Å². The van der Waals surface area contributed by atoms with Gasteiger partial charge in [0.05, 0.1) is 5.69 Å². The normalized spacial score (nSPS) is 10.5. The van der Waals surface area contributed by atoms with Gasteiger partial charge in [-0.15, -0.1) is 22.7 Å². The zero-order valence-corrected chi connectivity index (χ0v) is 14.4. The molecule has 5 heteroatoms. The molecule has 0 aliphatic carbocycles. The minimum Gasteiger partial charge on any atom is -0.396 e. The Balaban J connectivity index is 2.33. The molecular weight excluding hydrogens is 364 g/mol. The fraction of sp³-hybridized carbons (Fsp3) is 0.0625. The molecule has 2 N–H and O–H groups in total. The highest BCUT2D eigenvalue weighted by Crippen LogP contribution is 2.48. The fourth-order valence-electron chi connectivity index (χ4n) is 2.20. The van der Waals surface area contributed by atoms with E-state index in [-0.39, 0.29) is 0 Å². The molecule has 21 heavy (non-hydrogen) atoms. The third-order valence-electron chi connectivity index (χ3n) is 3.18. The van der Waals surface area contributed by atoms with E-state index in [1.54, 1.807) is 11.3 Å². The summed E-state index contributed by atoms with van der Waals surface area (Å²) < 4.78 is 1.01. The maximum absolute atomic E-state index is 9.30. The van der Waals surface area contributed by atoms with Crippen LogP contribution in [0.25, 0.3) is 20.9 Å². The van der Waals surface area contributed by atoms with Crippen LogP contribution in [0.2, 0.25) is 0 Å². The van der Waals surface area contributed by atoms with Crippen molar-refractivity contribution < 1.29 is 0 Å². The van der Waals surface area contributed by atoms with E-state index < -0.39 is 0 Å². The van der Waals surface area contributed by atoms with Crippen LogP contribution in [0.4, 0.5) is 5.69 Å². The van der Waals surface area contributed by atoms with Crippen LogP contribution in [0.15, 0.2) is 40.2 Å². The smallest absolute Gasteiger partial charge is 0.129 e. The van der Waals surface area contributed by atoms with Crippen molar-refractivity contribution in [1.82, 2.24) is 0 Å². The summed E-state index contributed by atoms with van der Waals surface area (Å²) in [7, 11) is 0. The Bertz CT molecular complexity index is 842. The number of thiophene rings is 2. The first-order valence-electron chi connectivity index (χ1n) is 6.24. The van der Waals surface area contributed by atoms with E-state index in [1.165, 1.54) is 16.9 Å². The van der Waals surface area contributed by atoms with Crippen LogP contribution in [0, 0.1) is 18.3 Å². The van der Waals surface area contributed by atoms with Gasteiger partial charge >= 0.3 is 0 Å². The first-order valence-corrected chi connectivity index (χ1v) is 8.73. The van der Waals surface area contributed by atoms with Crippen molar-refractivity contribution in [2.24, 2.45) is 0 Å². The fourth-order valence-corrected chi connectivity index (χ4v) is 4.69. The number of aryl methyl sites for hydroxylation is 1. The predicted molar refractivity (Wildman–Crippen MR) is 94.6 cm³/mol. The summed E-state index contributed by atoms with van der Waals surface area (Å²) in [5.74, 6) is 0. The number of halogens is 1. The third kappa shape index (κ3) is 2.51. The molecule has 3 aromatic rings. The molecule has 0 bridgehead atoms. The Kier molecular flexibility index (Phi) is 3.85. The average molecular weight is 375 g/mol. The third-order valence-corrected chi connectivity index (χ3v) is 5.90. The maximum atomic E-state index is 9.30. The van der Waals surface area contributed by atoms with Gasteiger partial charge in [-0.05, 0) is 30.5 Å². The lowest BCUT2D eigenvalue weighted by Crippen LogP contribution is -1.88. The van der Waals surface area contributed by atoms with Gasteiger partial charge in [0.1, 0.15) is 10.9 Å². The number of nitrogen functional groups attached to an aromatic ring is 1. The first-order chi connectivity index (χ1) is 10.1. The molecule has 2 nitrogen and oxygen atoms in total. The van der Waals surface area contributed by atoms with Crippen LogP contribution in [0.1, 0.15) is 10.4 Å². The van der Waals surface area contributed by atoms with E-state index in [2.05, 4.69) is 41.1 Å². The van der Waals surface area contributed by atoms with Crippen molar-refractivity contribution >= 4 is 44.3 Å². The highest BCUT2D eigenvalue weighted by Gasteiger charge is 2.20. The molecule has 0 aliphatic heterocycles. The van der Waals surface area contributed by atoms with E-state index in [1.807, 2.05) is 23.6 Å². The molecule has 0 unspecified atom stereocenters. The van der Waals surface area contributed by atoms with Crippen LogP contribution in [0.5, 0.6) is 0 Å². The number of hydrogen-bond donors (Lipinski definition) is 1. The lowest BCUT2D eigenvalue weighted by Gasteiger charge is -2.07. The molecule has 0 aliphatic rings. The summed E-state index contributed by atoms with van der Waals surface area (Å²) in [5.41, 5.74) is 10.0. The molecule has 104 valence electrons. The standard InChI is InChI=1S/C16H11BrN2S2/c1-9-4-5-11(17)10(7-9)16-14(12-3-2-6-20-12)15(19)13(8-18)21-16/h2-7H,19H2,1H3. The molecule has 3 rings (SSSR count). The van der Waals surface area contributed by atoms with Gasteiger partial charge in [-0.2, -0.15) is 5.26 Å². The Hall–Kier alpha value is -1.61. The Morgan fingerprint density at radius 3 is 2.76 bits per heavy atom. The molecule has 2 aromatic heterocycles. The minimum absolute atomic E-state index is 0.571. The Labute approximate surface area is 139 Å². The number of rotatable bonds is 2. The molecule has 0 saturated heterocycles. The number of benzene rings is 1. The molecule has 0 amide bonds. The van der Waals surface area contributed by atoms with Crippen LogP contribution >= 0.6 is 38.6 Å². The van der Waals surface area contributed by atoms with Crippen LogP contribution < -0.4 is 5.73 Å². The van der Waals surface area contributed by atoms with Crippen LogP contribution in [-0.4, -0.2) is 0 Å². The number of nitriles is 1. The zero-order chi connectivity index (χ0) is 15.0. The van der Waals surface area contributed by atoms with E-state index in [4.69, 9.17) is 5.73 Å². The van der Waals surface area contributed by atoms with E-state index in [0.717, 1.165) is 25.4 Å². The molecule has 0 fully saturated rings. The topological polar surface area (TPSA) is 49.8 Å². The Morgan fingerprint density at radius 2 is 2.10 bits per heavy atom. The average Bonchev–Trinajstić information content (AvgIpc) is 3.08. The van der Waals surface area contributed by atoms with E-state index in [9.17, 15) is 5.26 Å². The molecular formula is C16H11BrN2S2. The SMILES string of the molecule is Cc1ccc(Br)c(-c2sc(C#N)c(N)c2-c2cccs2)c1. The molecule has 2 heterocycles. The van der Waals surface area contributed by atoms with Gasteiger partial charge in [0.2, 0.25) is 0 Å². The number of anilines is 1. The number of hydrogen-bond acceptors (Lipinski definition) is 4. The second kappa shape index (κ2) is 5.64. The Morgan fingerprint density at radius 1 is 1.29 bits per heavy atom. The highest BCUT2D eigenvalue weighted by atomic mass is 79.9. The van der Waals surface area contributed by atoms with Crippen molar-refractivity contribution in [3.63, 3.8) is 0 Å². The van der Waals surface area contributed by atoms with Crippen molar-refractivity contribution in [3.8, 4) is 27.0 Å². The van der Waals surface area contributed by atoms with Gasteiger partial charge in [-0.3, -0.25) is 0 Å². The lowest BCUT2D eigenvalue weighted by atomic mass is 10.0. The van der Waals surface area contributed by atoms with Crippen molar-refractivity contribution in [3.05, 3.63) is 50.6 Å². The summed E-state index contributed by atoms with van der Waals surface area (Å²) in [6.45, 7) is 2.06. The first kappa shape index (κ1) is 14.3. The van der Waals surface area contributed by atoms with Gasteiger partial charge in [-0.25, -0.2) is 0 Å². The number of nitrogens with two attached hydrogens (primary N) is 1. The summed E-state index contributed by atoms with van der Waals surface area (Å²) in [6, 6.07) is 12.4. The summed E-state index contributed by atoms with van der Waals surface area (Å²) >= 11 is 6.69. The van der Waals surface area contributed by atoms with Crippen molar-refractivity contribution in [2.75, 3.05) is 5.73 Å². The number of nitrogens with zero attached hydrogens (tertiary/aromatic N) is 1. The molecule has 0 saturated carbocycles. The molecule has 0 radical (unpaired) electrons. The molecule has 0 atom stereocenters. The second-order valence-electron chi connectivity index (χ2n) is 4.62. The summed E-state index contributed by atoms with van der Waals surface area (Å²) in [6.07, 6.45) is 0. The summed E-state index contributed by atoms with van der Waals surface area (Å²) in [4.78, 5) is 2.71. The maximum Gasteiger partial charge on any atom is 0.129 e. The highest BCUT2D eigenvalue weighted by molar-refractivity contribution is 9.10. The van der Waals surface area contributed by atoms with Gasteiger partial charge < -0.3 is 5.73 Å².